The third kappa shape index (κ3) is 29.7. The number of amides is 2. The average Bonchev–Trinajstić information content (AvgIpc) is 2.95. The highest BCUT2D eigenvalue weighted by atomic mass is 16.4. The van der Waals surface area contributed by atoms with Gasteiger partial charge in [-0.2, -0.15) is 0 Å². The molecule has 0 bridgehead atoms. The highest BCUT2D eigenvalue weighted by molar-refractivity contribution is 5.87. The van der Waals surface area contributed by atoms with Gasteiger partial charge in [-0.1, -0.05) is 162 Å². The van der Waals surface area contributed by atoms with Crippen LogP contribution in [0.1, 0.15) is 194 Å². The number of rotatable bonds is 32. The topological polar surface area (TPSA) is 95.5 Å². The molecule has 0 aliphatic carbocycles. The van der Waals surface area contributed by atoms with Gasteiger partial charge in [-0.05, 0) is 19.3 Å². The average molecular weight is 581 g/mol. The molecule has 0 aliphatic rings. The van der Waals surface area contributed by atoms with Crippen LogP contribution in [0.2, 0.25) is 0 Å². The van der Waals surface area contributed by atoms with Crippen molar-refractivity contribution < 1.29 is 19.5 Å². The minimum Gasteiger partial charge on any atom is -0.481 e. The van der Waals surface area contributed by atoms with Crippen molar-refractivity contribution in [2.75, 3.05) is 6.54 Å². The molecule has 0 aromatic heterocycles. The maximum absolute atomic E-state index is 12.7. The van der Waals surface area contributed by atoms with Crippen LogP contribution in [0.4, 0.5) is 0 Å². The number of carbonyl (C=O) groups is 3. The molecule has 0 radical (unpaired) electrons. The lowest BCUT2D eigenvalue weighted by molar-refractivity contribution is -0.138. The summed E-state index contributed by atoms with van der Waals surface area (Å²) in [6, 6.07) is -0.766. The Labute approximate surface area is 254 Å². The van der Waals surface area contributed by atoms with Crippen molar-refractivity contribution >= 4 is 17.8 Å². The van der Waals surface area contributed by atoms with Crippen LogP contribution in [0.25, 0.3) is 0 Å². The SMILES string of the molecule is CCCCCCCCCCCCCCCCCCNC(=O)[C@H](CCC(=O)O)NC(=O)CCCCCCCCCCC. The molecular formula is C35H68N2O4. The fourth-order valence-electron chi connectivity index (χ4n) is 5.41. The first kappa shape index (κ1) is 39.4. The van der Waals surface area contributed by atoms with Gasteiger partial charge >= 0.3 is 5.97 Å². The maximum Gasteiger partial charge on any atom is 0.303 e. The summed E-state index contributed by atoms with van der Waals surface area (Å²) in [5.41, 5.74) is 0. The Hall–Kier alpha value is -1.59. The smallest absolute Gasteiger partial charge is 0.303 e. The number of hydrogen-bond donors (Lipinski definition) is 3. The van der Waals surface area contributed by atoms with E-state index in [-0.39, 0.29) is 24.7 Å². The molecule has 0 aromatic rings. The largest absolute Gasteiger partial charge is 0.481 e. The van der Waals surface area contributed by atoms with Crippen molar-refractivity contribution in [3.63, 3.8) is 0 Å². The number of carboxylic acid groups (broad SMARTS) is 1. The molecule has 0 saturated heterocycles. The molecule has 0 aliphatic heterocycles. The third-order valence-corrected chi connectivity index (χ3v) is 8.14. The summed E-state index contributed by atoms with van der Waals surface area (Å²) in [6.45, 7) is 5.07. The van der Waals surface area contributed by atoms with Crippen molar-refractivity contribution in [1.29, 1.82) is 0 Å². The molecule has 6 nitrogen and oxygen atoms in total. The molecular weight excluding hydrogens is 512 g/mol. The van der Waals surface area contributed by atoms with Gasteiger partial charge in [0.05, 0.1) is 0 Å². The fourth-order valence-corrected chi connectivity index (χ4v) is 5.41. The van der Waals surface area contributed by atoms with Gasteiger partial charge in [0.25, 0.3) is 0 Å². The second kappa shape index (κ2) is 31.3. The van der Waals surface area contributed by atoms with Crippen LogP contribution < -0.4 is 10.6 Å². The van der Waals surface area contributed by atoms with Crippen molar-refractivity contribution in [3.05, 3.63) is 0 Å². The summed E-state index contributed by atoms with van der Waals surface area (Å²) in [6.07, 6.45) is 32.0. The zero-order valence-electron chi connectivity index (χ0n) is 27.3. The number of aliphatic carboxylic acids is 1. The van der Waals surface area contributed by atoms with Gasteiger partial charge in [-0.25, -0.2) is 0 Å². The van der Waals surface area contributed by atoms with Crippen LogP contribution in [-0.4, -0.2) is 35.5 Å². The zero-order chi connectivity index (χ0) is 30.2. The van der Waals surface area contributed by atoms with E-state index in [1.165, 1.54) is 128 Å². The normalized spacial score (nSPS) is 11.9. The molecule has 0 fully saturated rings. The van der Waals surface area contributed by atoms with Crippen LogP contribution in [0.15, 0.2) is 0 Å². The lowest BCUT2D eigenvalue weighted by Crippen LogP contribution is -2.47. The van der Waals surface area contributed by atoms with E-state index < -0.39 is 12.0 Å². The van der Waals surface area contributed by atoms with Gasteiger partial charge in [0.1, 0.15) is 6.04 Å². The number of nitrogens with one attached hydrogen (secondary N) is 2. The van der Waals surface area contributed by atoms with Gasteiger partial charge in [-0.15, -0.1) is 0 Å². The summed E-state index contributed by atoms with van der Waals surface area (Å²) in [5, 5.41) is 14.8. The molecule has 2 amide bonds. The van der Waals surface area contributed by atoms with Gasteiger partial charge in [0.15, 0.2) is 0 Å². The van der Waals surface area contributed by atoms with Crippen molar-refractivity contribution in [2.24, 2.45) is 0 Å². The second-order valence-electron chi connectivity index (χ2n) is 12.2. The van der Waals surface area contributed by atoms with Crippen molar-refractivity contribution in [3.8, 4) is 0 Å². The van der Waals surface area contributed by atoms with E-state index >= 15 is 0 Å². The van der Waals surface area contributed by atoms with Crippen LogP contribution in [0, 0.1) is 0 Å². The fraction of sp³-hybridized carbons (Fsp3) is 0.914. The quantitative estimate of drug-likeness (QED) is 0.0690. The molecule has 0 aromatic carbocycles. The Morgan fingerprint density at radius 1 is 0.512 bits per heavy atom. The number of hydrogen-bond acceptors (Lipinski definition) is 3. The first-order valence-electron chi connectivity index (χ1n) is 17.8. The van der Waals surface area contributed by atoms with E-state index in [2.05, 4.69) is 24.5 Å². The van der Waals surface area contributed by atoms with E-state index in [1.807, 2.05) is 0 Å². The molecule has 0 saturated carbocycles. The van der Waals surface area contributed by atoms with Crippen molar-refractivity contribution in [2.45, 2.75) is 200 Å². The monoisotopic (exact) mass is 581 g/mol. The standard InChI is InChI=1S/C35H68N2O4/c1-3-5-7-9-11-13-14-15-16-17-18-19-21-23-25-27-31-36-35(41)32(29-30-34(39)40)37-33(38)28-26-24-22-20-12-10-8-6-4-2/h32H,3-31H2,1-2H3,(H,36,41)(H,37,38)(H,39,40)/t32-/m0/s1. The van der Waals surface area contributed by atoms with Gasteiger partial charge in [-0.3, -0.25) is 14.4 Å². The molecule has 6 heteroatoms. The summed E-state index contributed by atoms with van der Waals surface area (Å²) in [7, 11) is 0. The van der Waals surface area contributed by atoms with Gasteiger partial charge < -0.3 is 15.7 Å². The predicted octanol–water partition coefficient (Wildman–Crippen LogP) is 9.63. The second-order valence-corrected chi connectivity index (χ2v) is 12.2. The maximum atomic E-state index is 12.7. The highest BCUT2D eigenvalue weighted by Gasteiger charge is 2.21. The molecule has 3 N–H and O–H groups in total. The van der Waals surface area contributed by atoms with Crippen LogP contribution in [0.5, 0.6) is 0 Å². The number of carbonyl (C=O) groups excluding carboxylic acids is 2. The molecule has 0 heterocycles. The Kier molecular flexibility index (Phi) is 30.1. The van der Waals surface area contributed by atoms with Crippen LogP contribution in [0.3, 0.4) is 0 Å². The Morgan fingerprint density at radius 2 is 0.878 bits per heavy atom. The first-order valence-corrected chi connectivity index (χ1v) is 17.8. The zero-order valence-corrected chi connectivity index (χ0v) is 27.3. The van der Waals surface area contributed by atoms with Crippen LogP contribution >= 0.6 is 0 Å². The number of unbranched alkanes of at least 4 members (excludes halogenated alkanes) is 23. The first-order chi connectivity index (χ1) is 20.0. The van der Waals surface area contributed by atoms with E-state index in [4.69, 9.17) is 5.11 Å². The van der Waals surface area contributed by atoms with Gasteiger partial charge in [0.2, 0.25) is 11.8 Å². The molecule has 242 valence electrons. The molecule has 0 rings (SSSR count). The molecule has 0 spiro atoms. The van der Waals surface area contributed by atoms with Gasteiger partial charge in [0, 0.05) is 19.4 Å². The van der Waals surface area contributed by atoms with E-state index in [0.29, 0.717) is 13.0 Å². The predicted molar refractivity (Wildman–Crippen MR) is 173 cm³/mol. The number of carboxylic acids is 1. The highest BCUT2D eigenvalue weighted by Crippen LogP contribution is 2.14. The Morgan fingerprint density at radius 3 is 1.27 bits per heavy atom. The Balaban J connectivity index is 3.83. The summed E-state index contributed by atoms with van der Waals surface area (Å²) < 4.78 is 0. The molecule has 1 atom stereocenters. The van der Waals surface area contributed by atoms with Crippen molar-refractivity contribution in [1.82, 2.24) is 10.6 Å². The summed E-state index contributed by atoms with van der Waals surface area (Å²) in [5.74, 6) is -1.36. The minimum atomic E-state index is -0.950. The molecule has 0 unspecified atom stereocenters. The molecule has 41 heavy (non-hydrogen) atoms. The lowest BCUT2D eigenvalue weighted by atomic mass is 10.0. The van der Waals surface area contributed by atoms with E-state index in [0.717, 1.165) is 32.1 Å². The Bertz CT molecular complexity index is 611. The van der Waals surface area contributed by atoms with E-state index in [1.54, 1.807) is 0 Å². The third-order valence-electron chi connectivity index (χ3n) is 8.14. The van der Waals surface area contributed by atoms with Crippen LogP contribution in [-0.2, 0) is 14.4 Å². The lowest BCUT2D eigenvalue weighted by Gasteiger charge is -2.18. The summed E-state index contributed by atoms with van der Waals surface area (Å²) >= 11 is 0. The minimum absolute atomic E-state index is 0.129. The van der Waals surface area contributed by atoms with E-state index in [9.17, 15) is 14.4 Å². The summed E-state index contributed by atoms with van der Waals surface area (Å²) in [4.78, 5) is 36.1.